The fourth-order valence-corrected chi connectivity index (χ4v) is 4.72. The van der Waals surface area contributed by atoms with Crippen LogP contribution in [0, 0.1) is 5.92 Å². The lowest BCUT2D eigenvalue weighted by Gasteiger charge is -2.23. The molecule has 0 saturated heterocycles. The Morgan fingerprint density at radius 1 is 0.692 bits per heavy atom. The average Bonchev–Trinajstić information content (AvgIpc) is 3.03. The summed E-state index contributed by atoms with van der Waals surface area (Å²) in [4.78, 5) is 0. The lowest BCUT2D eigenvalue weighted by molar-refractivity contribution is 1.11. The Hall–Kier alpha value is -3.25. The number of allylic oxidation sites excluding steroid dienone is 8. The van der Waals surface area contributed by atoms with Crippen molar-refractivity contribution in [3.63, 3.8) is 0 Å². The zero-order valence-corrected chi connectivity index (χ0v) is 14.4. The first kappa shape index (κ1) is 14.0. The van der Waals surface area contributed by atoms with Crippen LogP contribution in [-0.4, -0.2) is 0 Å². The highest BCUT2D eigenvalue weighted by atomic mass is 14.4. The molecule has 0 N–H and O–H groups in total. The van der Waals surface area contributed by atoms with E-state index in [9.17, 15) is 0 Å². The van der Waals surface area contributed by atoms with E-state index in [-0.39, 0.29) is 0 Å². The molecule has 0 atom stereocenters. The molecular formula is C26H17+. The third-order valence-corrected chi connectivity index (χ3v) is 5.77. The molecule has 0 spiro atoms. The maximum atomic E-state index is 2.30. The quantitative estimate of drug-likeness (QED) is 0.440. The average molecular weight is 329 g/mol. The molecule has 0 unspecified atom stereocenters. The van der Waals surface area contributed by atoms with Gasteiger partial charge in [0.1, 0.15) is 5.57 Å². The minimum absolute atomic E-state index is 1.01. The first-order valence-electron chi connectivity index (χ1n) is 9.18. The molecule has 3 aliphatic carbocycles. The molecule has 0 heterocycles. The molecule has 0 amide bonds. The fourth-order valence-electron chi connectivity index (χ4n) is 4.72. The minimum Gasteiger partial charge on any atom is -0.0622 e. The van der Waals surface area contributed by atoms with Crippen molar-refractivity contribution >= 4 is 27.5 Å². The first-order valence-corrected chi connectivity index (χ1v) is 9.18. The Bertz CT molecular complexity index is 1180. The molecule has 0 aromatic heterocycles. The molecule has 26 heavy (non-hydrogen) atoms. The Labute approximate surface area is 153 Å². The van der Waals surface area contributed by atoms with Crippen molar-refractivity contribution in [1.29, 1.82) is 0 Å². The topological polar surface area (TPSA) is 0 Å². The third kappa shape index (κ3) is 1.76. The zero-order chi connectivity index (χ0) is 17.1. The lowest BCUT2D eigenvalue weighted by atomic mass is 9.74. The molecule has 0 bridgehead atoms. The van der Waals surface area contributed by atoms with Gasteiger partial charge >= 0.3 is 0 Å². The largest absolute Gasteiger partial charge is 0.108 e. The highest BCUT2D eigenvalue weighted by Crippen LogP contribution is 2.56. The summed E-state index contributed by atoms with van der Waals surface area (Å²) < 4.78 is 0. The molecule has 3 aromatic carbocycles. The molecule has 120 valence electrons. The van der Waals surface area contributed by atoms with Gasteiger partial charge in [-0.15, -0.1) is 0 Å². The van der Waals surface area contributed by atoms with Crippen LogP contribution in [0.2, 0.25) is 0 Å². The highest BCUT2D eigenvalue weighted by Gasteiger charge is 2.39. The van der Waals surface area contributed by atoms with E-state index in [2.05, 4.69) is 91.0 Å². The van der Waals surface area contributed by atoms with Gasteiger partial charge < -0.3 is 0 Å². The van der Waals surface area contributed by atoms with Gasteiger partial charge in [0, 0.05) is 47.4 Å². The van der Waals surface area contributed by atoms with E-state index < -0.39 is 0 Å². The van der Waals surface area contributed by atoms with Gasteiger partial charge in [-0.3, -0.25) is 0 Å². The van der Waals surface area contributed by atoms with Gasteiger partial charge in [0.05, 0.1) is 11.5 Å². The number of hydrogen-bond acceptors (Lipinski definition) is 0. The SMILES string of the molecule is C1=CC2=C(c3ccccc3)C3=C(C[C+]2C=C1)c1cccc2cccc3c12. The van der Waals surface area contributed by atoms with Gasteiger partial charge in [-0.25, -0.2) is 0 Å². The van der Waals surface area contributed by atoms with Crippen molar-refractivity contribution in [2.45, 2.75) is 6.42 Å². The lowest BCUT2D eigenvalue weighted by Crippen LogP contribution is -2.10. The highest BCUT2D eigenvalue weighted by molar-refractivity contribution is 6.28. The predicted molar refractivity (Wildman–Crippen MR) is 110 cm³/mol. The summed E-state index contributed by atoms with van der Waals surface area (Å²) in [7, 11) is 0. The van der Waals surface area contributed by atoms with Crippen LogP contribution in [0.4, 0.5) is 0 Å². The minimum atomic E-state index is 1.01. The number of fused-ring (bicyclic) bond motifs is 3. The van der Waals surface area contributed by atoms with Crippen molar-refractivity contribution in [1.82, 2.24) is 0 Å². The van der Waals surface area contributed by atoms with E-state index in [1.54, 1.807) is 0 Å². The van der Waals surface area contributed by atoms with Crippen LogP contribution < -0.4 is 0 Å². The molecule has 0 fully saturated rings. The van der Waals surface area contributed by atoms with Crippen LogP contribution in [0.15, 0.2) is 96.6 Å². The van der Waals surface area contributed by atoms with E-state index in [1.807, 2.05) is 0 Å². The molecular weight excluding hydrogens is 312 g/mol. The molecule has 6 rings (SSSR count). The fraction of sp³-hybridized carbons (Fsp3) is 0.0385. The second-order valence-electron chi connectivity index (χ2n) is 7.14. The van der Waals surface area contributed by atoms with Gasteiger partial charge in [0.15, 0.2) is 0 Å². The second kappa shape index (κ2) is 5.12. The van der Waals surface area contributed by atoms with Gasteiger partial charge in [-0.2, -0.15) is 0 Å². The van der Waals surface area contributed by atoms with Crippen molar-refractivity contribution in [3.8, 4) is 0 Å². The Kier molecular flexibility index (Phi) is 2.75. The molecule has 0 heteroatoms. The predicted octanol–water partition coefficient (Wildman–Crippen LogP) is 6.62. The summed E-state index contributed by atoms with van der Waals surface area (Å²) in [6, 6.07) is 24.3. The number of rotatable bonds is 1. The monoisotopic (exact) mass is 329 g/mol. The van der Waals surface area contributed by atoms with Crippen molar-refractivity contribution in [2.24, 2.45) is 0 Å². The summed E-state index contributed by atoms with van der Waals surface area (Å²) in [6.45, 7) is 0. The van der Waals surface area contributed by atoms with E-state index >= 15 is 0 Å². The van der Waals surface area contributed by atoms with Crippen LogP contribution in [0.25, 0.3) is 27.5 Å². The van der Waals surface area contributed by atoms with E-state index in [0.29, 0.717) is 0 Å². The first-order chi connectivity index (χ1) is 12.9. The maximum Gasteiger partial charge on any atom is 0.108 e. The van der Waals surface area contributed by atoms with Crippen LogP contribution >= 0.6 is 0 Å². The summed E-state index contributed by atoms with van der Waals surface area (Å²) in [5, 5.41) is 2.76. The van der Waals surface area contributed by atoms with Gasteiger partial charge in [-0.05, 0) is 34.0 Å². The van der Waals surface area contributed by atoms with Crippen LogP contribution in [0.3, 0.4) is 0 Å². The Balaban J connectivity index is 1.73. The summed E-state index contributed by atoms with van der Waals surface area (Å²) in [5.74, 6) is 1.43. The molecule has 3 aromatic rings. The van der Waals surface area contributed by atoms with E-state index in [4.69, 9.17) is 0 Å². The van der Waals surface area contributed by atoms with Crippen LogP contribution in [0.5, 0.6) is 0 Å². The molecule has 0 nitrogen and oxygen atoms in total. The van der Waals surface area contributed by atoms with Gasteiger partial charge in [0.2, 0.25) is 0 Å². The number of hydrogen-bond donors (Lipinski definition) is 0. The van der Waals surface area contributed by atoms with Crippen molar-refractivity contribution in [3.05, 3.63) is 119 Å². The summed E-state index contributed by atoms with van der Waals surface area (Å²) in [5.41, 5.74) is 9.78. The Morgan fingerprint density at radius 2 is 1.50 bits per heavy atom. The van der Waals surface area contributed by atoms with Crippen LogP contribution in [0.1, 0.15) is 23.1 Å². The van der Waals surface area contributed by atoms with Gasteiger partial charge in [0.25, 0.3) is 0 Å². The molecule has 0 radical (unpaired) electrons. The third-order valence-electron chi connectivity index (χ3n) is 5.77. The zero-order valence-electron chi connectivity index (χ0n) is 14.4. The summed E-state index contributed by atoms with van der Waals surface area (Å²) >= 11 is 0. The van der Waals surface area contributed by atoms with Crippen LogP contribution in [-0.2, 0) is 0 Å². The molecule has 0 saturated carbocycles. The van der Waals surface area contributed by atoms with Gasteiger partial charge in [-0.1, -0.05) is 54.6 Å². The standard InChI is InChI=1S/C26H17/c1-2-8-18(9-3-1)25-20-13-5-4-10-19(20)16-23-21-14-6-11-17-12-7-15-22(24(17)21)26(23)25/h1-15H,16H2/q+1. The molecule has 0 aliphatic heterocycles. The second-order valence-corrected chi connectivity index (χ2v) is 7.14. The van der Waals surface area contributed by atoms with E-state index in [1.165, 1.54) is 55.7 Å². The Morgan fingerprint density at radius 3 is 2.35 bits per heavy atom. The van der Waals surface area contributed by atoms with Crippen molar-refractivity contribution in [2.75, 3.05) is 0 Å². The maximum absolute atomic E-state index is 2.30. The van der Waals surface area contributed by atoms with E-state index in [0.717, 1.165) is 6.42 Å². The molecule has 3 aliphatic rings. The normalized spacial score (nSPS) is 17.2. The van der Waals surface area contributed by atoms with Crippen molar-refractivity contribution < 1.29 is 0 Å². The smallest absolute Gasteiger partial charge is 0.0622 e. The number of benzene rings is 3. The summed E-state index contributed by atoms with van der Waals surface area (Å²) in [6.07, 6.45) is 9.90.